The van der Waals surface area contributed by atoms with Crippen molar-refractivity contribution < 1.29 is 14.6 Å². The molecule has 2 aliphatic rings. The quantitative estimate of drug-likeness (QED) is 0.559. The first-order chi connectivity index (χ1) is 12.8. The van der Waals surface area contributed by atoms with Crippen molar-refractivity contribution in [2.75, 3.05) is 19.7 Å². The summed E-state index contributed by atoms with van der Waals surface area (Å²) in [6.07, 6.45) is 7.56. The highest BCUT2D eigenvalue weighted by Crippen LogP contribution is 2.50. The third-order valence-corrected chi connectivity index (χ3v) is 6.67. The van der Waals surface area contributed by atoms with Gasteiger partial charge in [0, 0.05) is 18.6 Å². The summed E-state index contributed by atoms with van der Waals surface area (Å²) in [5.74, 6) is 2.53. The summed E-state index contributed by atoms with van der Waals surface area (Å²) in [7, 11) is 0. The van der Waals surface area contributed by atoms with Crippen molar-refractivity contribution in [1.82, 2.24) is 15.6 Å². The fourth-order valence-corrected chi connectivity index (χ4v) is 5.07. The van der Waals surface area contributed by atoms with E-state index in [1.54, 1.807) is 6.20 Å². The lowest BCUT2D eigenvalue weighted by Gasteiger charge is -2.22. The van der Waals surface area contributed by atoms with E-state index >= 15 is 0 Å². The molecule has 8 heteroatoms. The predicted octanol–water partition coefficient (Wildman–Crippen LogP) is 3.25. The lowest BCUT2D eigenvalue weighted by atomic mass is 9.94. The third-order valence-electron chi connectivity index (χ3n) is 5.77. The summed E-state index contributed by atoms with van der Waals surface area (Å²) in [5, 5.41) is 16.6. The van der Waals surface area contributed by atoms with Crippen LogP contribution in [0.4, 0.5) is 0 Å². The van der Waals surface area contributed by atoms with Crippen LogP contribution < -0.4 is 15.4 Å². The van der Waals surface area contributed by atoms with Crippen LogP contribution in [-0.4, -0.2) is 47.3 Å². The molecule has 2 saturated carbocycles. The molecule has 2 aliphatic carbocycles. The molecule has 0 radical (unpaired) electrons. The average Bonchev–Trinajstić information content (AvgIpc) is 3.33. The molecule has 160 valence electrons. The molecule has 6 nitrogen and oxygen atoms in total. The zero-order chi connectivity index (χ0) is 19.4. The number of ether oxygens (including phenoxy) is 1. The second-order valence-electron chi connectivity index (χ2n) is 8.97. The minimum Gasteiger partial charge on any atom is -0.467 e. The monoisotopic (exact) mass is 431 g/mol. The molecule has 0 aliphatic heterocycles. The number of hydrogen-bond acceptors (Lipinski definition) is 6. The number of halogens is 1. The summed E-state index contributed by atoms with van der Waals surface area (Å²) in [6.45, 7) is 7.48. The summed E-state index contributed by atoms with van der Waals surface area (Å²) in [4.78, 5) is 17.0. The standard InChI is InChI=1S/C20H33N3O3S.ClH/c1-20(2,3)23-10-15(24)12-26-19-22-11-17(27-19)18(25)21-9-8-16-13-4-5-14(16)7-6-13;/h11,13-16,23-24H,4-10,12H2,1-3H3,(H,21,25);1H. The minimum atomic E-state index is -0.618. The van der Waals surface area contributed by atoms with Gasteiger partial charge in [-0.15, -0.1) is 12.4 Å². The van der Waals surface area contributed by atoms with Crippen molar-refractivity contribution in [3.63, 3.8) is 0 Å². The lowest BCUT2D eigenvalue weighted by molar-refractivity contribution is 0.0954. The molecule has 0 aromatic carbocycles. The van der Waals surface area contributed by atoms with Gasteiger partial charge in [-0.2, -0.15) is 0 Å². The number of aliphatic hydroxyl groups is 1. The minimum absolute atomic E-state index is 0. The first kappa shape index (κ1) is 23.4. The maximum absolute atomic E-state index is 12.3. The fourth-order valence-electron chi connectivity index (χ4n) is 4.38. The van der Waals surface area contributed by atoms with E-state index in [4.69, 9.17) is 4.74 Å². The zero-order valence-electron chi connectivity index (χ0n) is 17.1. The van der Waals surface area contributed by atoms with Crippen LogP contribution in [-0.2, 0) is 0 Å². The van der Waals surface area contributed by atoms with Crippen molar-refractivity contribution in [1.29, 1.82) is 0 Å². The first-order valence-electron chi connectivity index (χ1n) is 10.1. The molecule has 1 aromatic rings. The van der Waals surface area contributed by atoms with Crippen LogP contribution in [0.15, 0.2) is 6.20 Å². The second kappa shape index (κ2) is 10.2. The Morgan fingerprint density at radius 2 is 1.96 bits per heavy atom. The highest BCUT2D eigenvalue weighted by molar-refractivity contribution is 7.15. The number of aromatic nitrogens is 1. The van der Waals surface area contributed by atoms with Crippen molar-refractivity contribution in [3.05, 3.63) is 11.1 Å². The highest BCUT2D eigenvalue weighted by Gasteiger charge is 2.40. The summed E-state index contributed by atoms with van der Waals surface area (Å²) >= 11 is 1.23. The lowest BCUT2D eigenvalue weighted by Crippen LogP contribution is -2.42. The van der Waals surface area contributed by atoms with E-state index in [0.29, 0.717) is 16.6 Å². The smallest absolute Gasteiger partial charge is 0.273 e. The molecular formula is C20H34ClN3O3S. The van der Waals surface area contributed by atoms with Gasteiger partial charge in [0.25, 0.3) is 11.1 Å². The maximum atomic E-state index is 12.3. The first-order valence-corrected chi connectivity index (χ1v) is 10.9. The summed E-state index contributed by atoms with van der Waals surface area (Å²) in [5.41, 5.74) is -0.0502. The molecule has 2 bridgehead atoms. The van der Waals surface area contributed by atoms with Crippen LogP contribution in [0.3, 0.4) is 0 Å². The van der Waals surface area contributed by atoms with Gasteiger partial charge in [-0.25, -0.2) is 4.98 Å². The Morgan fingerprint density at radius 3 is 2.57 bits per heavy atom. The van der Waals surface area contributed by atoms with Crippen molar-refractivity contribution >= 4 is 29.7 Å². The van der Waals surface area contributed by atoms with E-state index < -0.39 is 6.10 Å². The van der Waals surface area contributed by atoms with Gasteiger partial charge in [0.2, 0.25) is 0 Å². The molecule has 1 heterocycles. The second-order valence-corrected chi connectivity index (χ2v) is 9.96. The Labute approximate surface area is 178 Å². The Bertz CT molecular complexity index is 614. The van der Waals surface area contributed by atoms with E-state index in [9.17, 15) is 9.90 Å². The molecule has 1 atom stereocenters. The summed E-state index contributed by atoms with van der Waals surface area (Å²) < 4.78 is 5.52. The van der Waals surface area contributed by atoms with Crippen LogP contribution in [0.25, 0.3) is 0 Å². The predicted molar refractivity (Wildman–Crippen MR) is 115 cm³/mol. The van der Waals surface area contributed by atoms with Gasteiger partial charge in [-0.05, 0) is 70.6 Å². The van der Waals surface area contributed by atoms with Gasteiger partial charge in [-0.1, -0.05) is 11.3 Å². The van der Waals surface area contributed by atoms with Crippen LogP contribution in [0.1, 0.15) is 62.5 Å². The molecule has 0 spiro atoms. The van der Waals surface area contributed by atoms with Gasteiger partial charge < -0.3 is 20.5 Å². The van der Waals surface area contributed by atoms with Gasteiger partial charge in [0.15, 0.2) is 0 Å². The molecule has 0 saturated heterocycles. The molecule has 2 fully saturated rings. The third kappa shape index (κ3) is 6.58. The van der Waals surface area contributed by atoms with E-state index in [2.05, 4.69) is 15.6 Å². The largest absolute Gasteiger partial charge is 0.467 e. The number of fused-ring (bicyclic) bond motifs is 2. The van der Waals surface area contributed by atoms with Crippen LogP contribution in [0.2, 0.25) is 0 Å². The average molecular weight is 432 g/mol. The van der Waals surface area contributed by atoms with E-state index in [0.717, 1.165) is 30.7 Å². The Hall–Kier alpha value is -0.890. The number of carbonyl (C=O) groups is 1. The maximum Gasteiger partial charge on any atom is 0.273 e. The van der Waals surface area contributed by atoms with E-state index in [-0.39, 0.29) is 30.5 Å². The number of amides is 1. The van der Waals surface area contributed by atoms with E-state index in [1.807, 2.05) is 20.8 Å². The SMILES string of the molecule is CC(C)(C)NCC(O)COc1ncc(C(=O)NCCC2C3CCC2CC3)s1.Cl. The topological polar surface area (TPSA) is 83.5 Å². The van der Waals surface area contributed by atoms with Gasteiger partial charge in [0.1, 0.15) is 17.6 Å². The van der Waals surface area contributed by atoms with Crippen molar-refractivity contribution in [2.45, 2.75) is 64.5 Å². The normalized spacial score (nSPS) is 24.6. The van der Waals surface area contributed by atoms with Crippen molar-refractivity contribution in [2.24, 2.45) is 17.8 Å². The fraction of sp³-hybridized carbons (Fsp3) is 0.800. The van der Waals surface area contributed by atoms with E-state index in [1.165, 1.54) is 37.0 Å². The molecule has 1 amide bonds. The number of carbonyl (C=O) groups excluding carboxylic acids is 1. The Morgan fingerprint density at radius 1 is 1.32 bits per heavy atom. The number of hydrogen-bond donors (Lipinski definition) is 3. The van der Waals surface area contributed by atoms with Crippen molar-refractivity contribution in [3.8, 4) is 5.19 Å². The van der Waals surface area contributed by atoms with Crippen LogP contribution in [0.5, 0.6) is 5.19 Å². The molecule has 28 heavy (non-hydrogen) atoms. The molecule has 1 unspecified atom stereocenters. The molecule has 3 rings (SSSR count). The number of rotatable bonds is 9. The number of nitrogens with one attached hydrogen (secondary N) is 2. The number of β-amino-alcohol motifs (C(OH)–C–C–N with tert-alkyl or cyclic N) is 1. The van der Waals surface area contributed by atoms with Crippen LogP contribution in [0, 0.1) is 17.8 Å². The van der Waals surface area contributed by atoms with Crippen LogP contribution >= 0.6 is 23.7 Å². The zero-order valence-corrected chi connectivity index (χ0v) is 18.7. The van der Waals surface area contributed by atoms with Gasteiger partial charge in [-0.3, -0.25) is 4.79 Å². The Kier molecular flexibility index (Phi) is 8.55. The Balaban J connectivity index is 0.00000280. The molecular weight excluding hydrogens is 398 g/mol. The highest BCUT2D eigenvalue weighted by atomic mass is 35.5. The summed E-state index contributed by atoms with van der Waals surface area (Å²) in [6, 6.07) is 0. The molecule has 3 N–H and O–H groups in total. The molecule has 1 aromatic heterocycles. The van der Waals surface area contributed by atoms with Gasteiger partial charge in [0.05, 0.1) is 6.20 Å². The number of thiazole rings is 1. The number of nitrogens with zero attached hydrogens (tertiary/aromatic N) is 1. The number of aliphatic hydroxyl groups excluding tert-OH is 1. The van der Waals surface area contributed by atoms with Gasteiger partial charge >= 0.3 is 0 Å².